The van der Waals surface area contributed by atoms with Gasteiger partial charge < -0.3 is 10.6 Å². The Morgan fingerprint density at radius 2 is 2.00 bits per heavy atom. The first kappa shape index (κ1) is 22.6. The lowest BCUT2D eigenvalue weighted by molar-refractivity contribution is -0.122. The molecule has 1 aliphatic heterocycles. The molecule has 3 N–H and O–H groups in total. The van der Waals surface area contributed by atoms with Crippen LogP contribution in [0.3, 0.4) is 0 Å². The second-order valence-electron chi connectivity index (χ2n) is 6.97. The molecule has 2 unspecified atom stereocenters. The van der Waals surface area contributed by atoms with Crippen molar-refractivity contribution in [3.8, 4) is 0 Å². The molecule has 10 heteroatoms. The first-order valence-electron chi connectivity index (χ1n) is 9.19. The molecule has 1 saturated heterocycles. The maximum atomic E-state index is 12.8. The highest BCUT2D eigenvalue weighted by Crippen LogP contribution is 2.23. The molecule has 3 rings (SSSR count). The molecule has 2 amide bonds. The summed E-state index contributed by atoms with van der Waals surface area (Å²) in [4.78, 5) is 24.7. The van der Waals surface area contributed by atoms with E-state index in [4.69, 9.17) is 11.6 Å². The second-order valence-corrected chi connectivity index (χ2v) is 10.6. The fourth-order valence-corrected chi connectivity index (χ4v) is 5.57. The number of hydrogen-bond acceptors (Lipinski definition) is 6. The van der Waals surface area contributed by atoms with Gasteiger partial charge in [-0.05, 0) is 49.2 Å². The molecule has 2 atom stereocenters. The average Bonchev–Trinajstić information content (AvgIpc) is 2.69. The number of thioether (sulfide) groups is 1. The Balaban J connectivity index is 1.56. The molecule has 1 heterocycles. The first-order valence-corrected chi connectivity index (χ1v) is 12.2. The molecule has 0 spiro atoms. The van der Waals surface area contributed by atoms with Gasteiger partial charge in [0.1, 0.15) is 5.50 Å². The predicted octanol–water partition coefficient (Wildman–Crippen LogP) is 2.47. The highest BCUT2D eigenvalue weighted by atomic mass is 35.5. The molecule has 160 valence electrons. The minimum atomic E-state index is -3.89. The maximum absolute atomic E-state index is 12.8. The van der Waals surface area contributed by atoms with E-state index in [1.807, 2.05) is 32.0 Å². The van der Waals surface area contributed by atoms with Crippen LogP contribution < -0.4 is 16.0 Å². The molecule has 1 aliphatic rings. The van der Waals surface area contributed by atoms with Gasteiger partial charge in [0.2, 0.25) is 11.8 Å². The molecule has 0 aliphatic carbocycles. The molecular weight excluding hydrogens is 446 g/mol. The maximum Gasteiger partial charge on any atom is 0.241 e. The minimum absolute atomic E-state index is 0.00375. The molecular formula is C20H22ClN3O4S2. The smallest absolute Gasteiger partial charge is 0.241 e. The summed E-state index contributed by atoms with van der Waals surface area (Å²) in [6.07, 6.45) is 0. The molecule has 7 nitrogen and oxygen atoms in total. The number of carbonyl (C=O) groups is 2. The number of hydrogen-bond donors (Lipinski definition) is 3. The van der Waals surface area contributed by atoms with E-state index in [0.29, 0.717) is 0 Å². The zero-order valence-corrected chi connectivity index (χ0v) is 18.8. The normalized spacial score (nSPS) is 19.2. The van der Waals surface area contributed by atoms with E-state index in [-0.39, 0.29) is 28.1 Å². The Morgan fingerprint density at radius 3 is 2.70 bits per heavy atom. The van der Waals surface area contributed by atoms with E-state index < -0.39 is 26.5 Å². The van der Waals surface area contributed by atoms with Gasteiger partial charge in [-0.2, -0.15) is 0 Å². The van der Waals surface area contributed by atoms with Crippen LogP contribution in [0, 0.1) is 13.8 Å². The van der Waals surface area contributed by atoms with Crippen molar-refractivity contribution in [2.75, 3.05) is 17.6 Å². The third-order valence-electron chi connectivity index (χ3n) is 4.60. The van der Waals surface area contributed by atoms with Crippen LogP contribution in [-0.2, 0) is 19.4 Å². The van der Waals surface area contributed by atoms with Gasteiger partial charge >= 0.3 is 0 Å². The molecule has 2 aromatic carbocycles. The van der Waals surface area contributed by atoms with E-state index in [1.54, 1.807) is 6.07 Å². The van der Waals surface area contributed by atoms with Gasteiger partial charge in [0.25, 0.3) is 0 Å². The second kappa shape index (κ2) is 9.38. The number of nitrogens with one attached hydrogen (secondary N) is 3. The van der Waals surface area contributed by atoms with Crippen LogP contribution in [0.4, 0.5) is 5.69 Å². The number of rotatable bonds is 6. The van der Waals surface area contributed by atoms with Gasteiger partial charge in [-0.15, -0.1) is 11.8 Å². The van der Waals surface area contributed by atoms with E-state index in [1.165, 1.54) is 30.0 Å². The SMILES string of the molecule is Cc1ccc(C)c(NC(=O)CSC2NCC(S(=O)(=O)c3cccc(Cl)c3)C(=O)N2)c1. The quantitative estimate of drug-likeness (QED) is 0.603. The summed E-state index contributed by atoms with van der Waals surface area (Å²) in [5.74, 6) is -0.726. The van der Waals surface area contributed by atoms with Crippen LogP contribution in [0.1, 0.15) is 11.1 Å². The third kappa shape index (κ3) is 5.34. The van der Waals surface area contributed by atoms with Crippen molar-refractivity contribution < 1.29 is 18.0 Å². The fourth-order valence-electron chi connectivity index (χ4n) is 2.96. The summed E-state index contributed by atoms with van der Waals surface area (Å²) < 4.78 is 25.5. The number of aryl methyl sites for hydroxylation is 2. The lowest BCUT2D eigenvalue weighted by Crippen LogP contribution is -2.59. The van der Waals surface area contributed by atoms with Crippen LogP contribution in [-0.4, -0.2) is 43.3 Å². The van der Waals surface area contributed by atoms with Crippen LogP contribution in [0.25, 0.3) is 0 Å². The highest BCUT2D eigenvalue weighted by Gasteiger charge is 2.38. The number of carbonyl (C=O) groups excluding carboxylic acids is 2. The van der Waals surface area contributed by atoms with Crippen molar-refractivity contribution in [2.24, 2.45) is 0 Å². The van der Waals surface area contributed by atoms with Crippen molar-refractivity contribution >= 4 is 50.7 Å². The van der Waals surface area contributed by atoms with E-state index in [2.05, 4.69) is 16.0 Å². The van der Waals surface area contributed by atoms with E-state index in [0.717, 1.165) is 16.8 Å². The third-order valence-corrected chi connectivity index (χ3v) is 7.92. The van der Waals surface area contributed by atoms with Crippen LogP contribution in [0.2, 0.25) is 5.02 Å². The van der Waals surface area contributed by atoms with Crippen molar-refractivity contribution in [1.29, 1.82) is 0 Å². The molecule has 30 heavy (non-hydrogen) atoms. The standard InChI is InChI=1S/C20H22ClN3O4S2/c1-12-6-7-13(2)16(8-12)23-18(25)11-29-20-22-10-17(19(26)24-20)30(27,28)15-5-3-4-14(21)9-15/h3-9,17,20,22H,10-11H2,1-2H3,(H,23,25)(H,24,26). The van der Waals surface area contributed by atoms with Gasteiger partial charge in [0, 0.05) is 17.3 Å². The van der Waals surface area contributed by atoms with Crippen LogP contribution in [0.5, 0.6) is 0 Å². The molecule has 0 bridgehead atoms. The molecule has 0 radical (unpaired) electrons. The van der Waals surface area contributed by atoms with Crippen LogP contribution in [0.15, 0.2) is 47.4 Å². The zero-order chi connectivity index (χ0) is 21.9. The fraction of sp³-hybridized carbons (Fsp3) is 0.300. The predicted molar refractivity (Wildman–Crippen MR) is 119 cm³/mol. The van der Waals surface area contributed by atoms with Crippen molar-refractivity contribution in [3.63, 3.8) is 0 Å². The summed E-state index contributed by atoms with van der Waals surface area (Å²) >= 11 is 7.05. The topological polar surface area (TPSA) is 104 Å². The van der Waals surface area contributed by atoms with Gasteiger partial charge in [0.15, 0.2) is 15.1 Å². The van der Waals surface area contributed by atoms with Gasteiger partial charge in [-0.25, -0.2) is 8.42 Å². The number of halogens is 1. The Hall–Kier alpha value is -2.07. The molecule has 2 aromatic rings. The number of benzene rings is 2. The van der Waals surface area contributed by atoms with Crippen molar-refractivity contribution in [2.45, 2.75) is 29.5 Å². The number of amides is 2. The number of sulfone groups is 1. The monoisotopic (exact) mass is 467 g/mol. The zero-order valence-electron chi connectivity index (χ0n) is 16.4. The Morgan fingerprint density at radius 1 is 1.23 bits per heavy atom. The Bertz CT molecular complexity index is 1080. The molecule has 0 aromatic heterocycles. The average molecular weight is 468 g/mol. The van der Waals surface area contributed by atoms with E-state index >= 15 is 0 Å². The van der Waals surface area contributed by atoms with E-state index in [9.17, 15) is 18.0 Å². The largest absolute Gasteiger partial charge is 0.331 e. The van der Waals surface area contributed by atoms with Crippen molar-refractivity contribution in [3.05, 3.63) is 58.6 Å². The summed E-state index contributed by atoms with van der Waals surface area (Å²) in [7, 11) is -3.89. The lowest BCUT2D eigenvalue weighted by Gasteiger charge is -2.29. The van der Waals surface area contributed by atoms with Crippen molar-refractivity contribution in [1.82, 2.24) is 10.6 Å². The van der Waals surface area contributed by atoms with Crippen LogP contribution >= 0.6 is 23.4 Å². The Labute approximate surface area is 184 Å². The van der Waals surface area contributed by atoms with Gasteiger partial charge in [-0.1, -0.05) is 29.8 Å². The molecule has 1 fully saturated rings. The summed E-state index contributed by atoms with van der Waals surface area (Å²) in [5, 5.41) is 7.45. The lowest BCUT2D eigenvalue weighted by atomic mass is 10.1. The summed E-state index contributed by atoms with van der Waals surface area (Å²) in [6.45, 7) is 3.79. The summed E-state index contributed by atoms with van der Waals surface area (Å²) in [5.41, 5.74) is 2.18. The summed E-state index contributed by atoms with van der Waals surface area (Å²) in [6, 6.07) is 11.6. The highest BCUT2D eigenvalue weighted by molar-refractivity contribution is 8.00. The minimum Gasteiger partial charge on any atom is -0.331 e. The Kier molecular flexibility index (Phi) is 7.07. The molecule has 0 saturated carbocycles. The van der Waals surface area contributed by atoms with Gasteiger partial charge in [-0.3, -0.25) is 14.9 Å². The van der Waals surface area contributed by atoms with Gasteiger partial charge in [0.05, 0.1) is 10.6 Å². The number of anilines is 1. The first-order chi connectivity index (χ1) is 14.2.